The Morgan fingerprint density at radius 3 is 2.27 bits per heavy atom. The number of alkyl halides is 3. The maximum atomic E-state index is 13.7. The monoisotopic (exact) mass is 318 g/mol. The summed E-state index contributed by atoms with van der Waals surface area (Å²) >= 11 is 0. The van der Waals surface area contributed by atoms with Crippen LogP contribution in [0.1, 0.15) is 10.4 Å². The Morgan fingerprint density at radius 2 is 1.73 bits per heavy atom. The summed E-state index contributed by atoms with van der Waals surface area (Å²) in [4.78, 5) is 11.0. The first kappa shape index (κ1) is 15.7. The van der Waals surface area contributed by atoms with E-state index in [0.717, 1.165) is 24.3 Å². The SMILES string of the molecule is O=C(O)c1cc(OC(F)(F)F)cc(-c2ccc(F)cc2F)c1. The average Bonchev–Trinajstić information content (AvgIpc) is 2.36. The van der Waals surface area contributed by atoms with E-state index in [1.807, 2.05) is 0 Å². The van der Waals surface area contributed by atoms with Crippen LogP contribution in [0.15, 0.2) is 36.4 Å². The van der Waals surface area contributed by atoms with Crippen molar-refractivity contribution in [3.05, 3.63) is 53.6 Å². The van der Waals surface area contributed by atoms with Crippen molar-refractivity contribution in [3.8, 4) is 16.9 Å². The Morgan fingerprint density at radius 1 is 1.05 bits per heavy atom. The molecule has 0 saturated carbocycles. The number of ether oxygens (including phenoxy) is 1. The molecule has 2 rings (SSSR count). The van der Waals surface area contributed by atoms with E-state index in [4.69, 9.17) is 5.11 Å². The third kappa shape index (κ3) is 3.72. The normalized spacial score (nSPS) is 11.3. The largest absolute Gasteiger partial charge is 0.573 e. The molecule has 2 aromatic carbocycles. The highest BCUT2D eigenvalue weighted by Crippen LogP contribution is 2.31. The van der Waals surface area contributed by atoms with Crippen LogP contribution in [0.3, 0.4) is 0 Å². The summed E-state index contributed by atoms with van der Waals surface area (Å²) in [5.41, 5.74) is -0.964. The van der Waals surface area contributed by atoms with Gasteiger partial charge in [-0.1, -0.05) is 0 Å². The molecule has 0 fully saturated rings. The van der Waals surface area contributed by atoms with Crippen molar-refractivity contribution < 1.29 is 36.6 Å². The van der Waals surface area contributed by atoms with Crippen molar-refractivity contribution in [1.82, 2.24) is 0 Å². The Hall–Kier alpha value is -2.64. The fourth-order valence-corrected chi connectivity index (χ4v) is 1.79. The van der Waals surface area contributed by atoms with Crippen LogP contribution in [-0.4, -0.2) is 17.4 Å². The van der Waals surface area contributed by atoms with E-state index in [1.54, 1.807) is 0 Å². The van der Waals surface area contributed by atoms with Crippen LogP contribution in [0.5, 0.6) is 5.75 Å². The summed E-state index contributed by atoms with van der Waals surface area (Å²) < 4.78 is 67.0. The molecule has 0 aliphatic heterocycles. The molecule has 8 heteroatoms. The van der Waals surface area contributed by atoms with Crippen molar-refractivity contribution in [2.45, 2.75) is 6.36 Å². The first-order valence-electron chi connectivity index (χ1n) is 5.75. The molecule has 0 aromatic heterocycles. The first-order chi connectivity index (χ1) is 10.2. The average molecular weight is 318 g/mol. The molecule has 0 amide bonds. The second-order valence-corrected chi connectivity index (χ2v) is 4.22. The Balaban J connectivity index is 2.57. The fourth-order valence-electron chi connectivity index (χ4n) is 1.79. The lowest BCUT2D eigenvalue weighted by molar-refractivity contribution is -0.274. The Kier molecular flexibility index (Phi) is 4.03. The van der Waals surface area contributed by atoms with Crippen molar-refractivity contribution in [2.24, 2.45) is 0 Å². The van der Waals surface area contributed by atoms with E-state index in [-0.39, 0.29) is 11.1 Å². The second kappa shape index (κ2) is 5.63. The van der Waals surface area contributed by atoms with Gasteiger partial charge < -0.3 is 9.84 Å². The highest BCUT2D eigenvalue weighted by atomic mass is 19.4. The number of aromatic carboxylic acids is 1. The predicted octanol–water partition coefficient (Wildman–Crippen LogP) is 4.23. The molecule has 0 radical (unpaired) electrons. The topological polar surface area (TPSA) is 46.5 Å². The van der Waals surface area contributed by atoms with E-state index < -0.39 is 35.3 Å². The van der Waals surface area contributed by atoms with Crippen molar-refractivity contribution in [3.63, 3.8) is 0 Å². The summed E-state index contributed by atoms with van der Waals surface area (Å²) in [7, 11) is 0. The molecule has 0 spiro atoms. The smallest absolute Gasteiger partial charge is 0.478 e. The Bertz CT molecular complexity index is 725. The quantitative estimate of drug-likeness (QED) is 0.862. The molecule has 0 atom stereocenters. The molecule has 2 aromatic rings. The lowest BCUT2D eigenvalue weighted by Gasteiger charge is -2.12. The number of carbonyl (C=O) groups is 1. The predicted molar refractivity (Wildman–Crippen MR) is 65.4 cm³/mol. The van der Waals surface area contributed by atoms with Gasteiger partial charge in [0.2, 0.25) is 0 Å². The summed E-state index contributed by atoms with van der Waals surface area (Å²) in [5, 5.41) is 8.90. The fraction of sp³-hybridized carbons (Fsp3) is 0.0714. The lowest BCUT2D eigenvalue weighted by atomic mass is 10.0. The number of carboxylic acid groups (broad SMARTS) is 1. The van der Waals surface area contributed by atoms with Crippen molar-refractivity contribution in [2.75, 3.05) is 0 Å². The highest BCUT2D eigenvalue weighted by Gasteiger charge is 2.31. The zero-order chi connectivity index (χ0) is 16.5. The van der Waals surface area contributed by atoms with Crippen molar-refractivity contribution in [1.29, 1.82) is 0 Å². The zero-order valence-electron chi connectivity index (χ0n) is 10.6. The number of hydrogen-bond acceptors (Lipinski definition) is 2. The van der Waals surface area contributed by atoms with E-state index in [2.05, 4.69) is 4.74 Å². The molecule has 116 valence electrons. The van der Waals surface area contributed by atoms with E-state index in [0.29, 0.717) is 12.1 Å². The van der Waals surface area contributed by atoms with Gasteiger partial charge in [-0.25, -0.2) is 13.6 Å². The summed E-state index contributed by atoms with van der Waals surface area (Å²) in [6, 6.07) is 4.85. The zero-order valence-corrected chi connectivity index (χ0v) is 10.6. The van der Waals surface area contributed by atoms with Crippen LogP contribution in [0.25, 0.3) is 11.1 Å². The molecule has 3 nitrogen and oxygen atoms in total. The van der Waals surface area contributed by atoms with Crippen LogP contribution in [0.4, 0.5) is 22.0 Å². The van der Waals surface area contributed by atoms with Crippen LogP contribution in [0.2, 0.25) is 0 Å². The Labute approximate surface area is 120 Å². The van der Waals surface area contributed by atoms with Gasteiger partial charge in [0.15, 0.2) is 0 Å². The minimum absolute atomic E-state index is 0.184. The third-order valence-electron chi connectivity index (χ3n) is 2.63. The van der Waals surface area contributed by atoms with E-state index in [1.165, 1.54) is 0 Å². The molecule has 22 heavy (non-hydrogen) atoms. The molecule has 1 N–H and O–H groups in total. The van der Waals surface area contributed by atoms with E-state index >= 15 is 0 Å². The minimum atomic E-state index is -5.03. The molecule has 0 bridgehead atoms. The first-order valence-corrected chi connectivity index (χ1v) is 5.75. The number of carboxylic acids is 1. The lowest BCUT2D eigenvalue weighted by Crippen LogP contribution is -2.17. The van der Waals surface area contributed by atoms with Crippen LogP contribution < -0.4 is 4.74 Å². The number of hydrogen-bond donors (Lipinski definition) is 1. The number of benzene rings is 2. The molecule has 0 aliphatic rings. The van der Waals surface area contributed by atoms with Crippen LogP contribution in [0, 0.1) is 11.6 Å². The van der Waals surface area contributed by atoms with Crippen molar-refractivity contribution >= 4 is 5.97 Å². The minimum Gasteiger partial charge on any atom is -0.478 e. The van der Waals surface area contributed by atoms with Gasteiger partial charge in [-0.3, -0.25) is 0 Å². The van der Waals surface area contributed by atoms with Gasteiger partial charge in [-0.05, 0) is 35.9 Å². The van der Waals surface area contributed by atoms with Gasteiger partial charge in [0.1, 0.15) is 17.4 Å². The number of rotatable bonds is 3. The number of halogens is 5. The highest BCUT2D eigenvalue weighted by molar-refractivity contribution is 5.90. The molecular weight excluding hydrogens is 311 g/mol. The van der Waals surface area contributed by atoms with Gasteiger partial charge >= 0.3 is 12.3 Å². The third-order valence-corrected chi connectivity index (χ3v) is 2.63. The maximum Gasteiger partial charge on any atom is 0.573 e. The standard InChI is InChI=1S/C14H7F5O3/c15-9-1-2-11(12(16)6-9)7-3-8(13(20)21)5-10(4-7)22-14(17,18)19/h1-6H,(H,20,21). The summed E-state index contributed by atoms with van der Waals surface area (Å²) in [6.45, 7) is 0. The molecule has 0 aliphatic carbocycles. The van der Waals surface area contributed by atoms with Gasteiger partial charge in [0.05, 0.1) is 5.56 Å². The molecule has 0 heterocycles. The molecule has 0 saturated heterocycles. The van der Waals surface area contributed by atoms with Gasteiger partial charge in [0.25, 0.3) is 0 Å². The van der Waals surface area contributed by atoms with E-state index in [9.17, 15) is 26.7 Å². The summed E-state index contributed by atoms with van der Waals surface area (Å²) in [6.07, 6.45) is -5.03. The molecule has 0 unspecified atom stereocenters. The van der Waals surface area contributed by atoms with Crippen LogP contribution in [-0.2, 0) is 0 Å². The summed E-state index contributed by atoms with van der Waals surface area (Å²) in [5.74, 6) is -4.24. The van der Waals surface area contributed by atoms with Gasteiger partial charge in [0, 0.05) is 11.6 Å². The van der Waals surface area contributed by atoms with Gasteiger partial charge in [-0.15, -0.1) is 13.2 Å². The second-order valence-electron chi connectivity index (χ2n) is 4.22. The molecular formula is C14H7F5O3. The maximum absolute atomic E-state index is 13.7. The van der Waals surface area contributed by atoms with Gasteiger partial charge in [-0.2, -0.15) is 0 Å². The van der Waals surface area contributed by atoms with Crippen LogP contribution >= 0.6 is 0 Å².